The highest BCUT2D eigenvalue weighted by Crippen LogP contribution is 2.39. The molecule has 2 atom stereocenters. The quantitative estimate of drug-likeness (QED) is 0.532. The summed E-state index contributed by atoms with van der Waals surface area (Å²) in [5.41, 5.74) is 0.411. The molecule has 35 heavy (non-hydrogen) atoms. The lowest BCUT2D eigenvalue weighted by molar-refractivity contribution is -0.120. The lowest BCUT2D eigenvalue weighted by Crippen LogP contribution is -2.36. The van der Waals surface area contributed by atoms with Gasteiger partial charge in [-0.3, -0.25) is 14.5 Å². The lowest BCUT2D eigenvalue weighted by Gasteiger charge is -2.19. The number of carbonyl (C=O) groups is 2. The van der Waals surface area contributed by atoms with Gasteiger partial charge >= 0.3 is 0 Å². The van der Waals surface area contributed by atoms with E-state index in [2.05, 4.69) is 10.3 Å². The molecule has 0 bridgehead atoms. The van der Waals surface area contributed by atoms with Crippen LogP contribution in [-0.2, 0) is 4.79 Å². The van der Waals surface area contributed by atoms with Crippen LogP contribution in [0.5, 0.6) is 5.75 Å². The maximum Gasteiger partial charge on any atom is 0.251 e. The number of hydrogen-bond acceptors (Lipinski definition) is 4. The van der Waals surface area contributed by atoms with Crippen molar-refractivity contribution in [1.29, 1.82) is 0 Å². The normalized spacial score (nSPS) is 17.5. The Hall–Kier alpha value is -3.59. The van der Waals surface area contributed by atoms with Crippen molar-refractivity contribution in [3.63, 3.8) is 0 Å². The van der Waals surface area contributed by atoms with Gasteiger partial charge in [-0.1, -0.05) is 11.6 Å². The van der Waals surface area contributed by atoms with Gasteiger partial charge in [-0.25, -0.2) is 18.2 Å². The number of benzene rings is 2. The third kappa shape index (κ3) is 4.95. The van der Waals surface area contributed by atoms with E-state index < -0.39 is 41.1 Å². The van der Waals surface area contributed by atoms with Crippen molar-refractivity contribution in [2.24, 2.45) is 5.92 Å². The Morgan fingerprint density at radius 2 is 1.77 bits per heavy atom. The van der Waals surface area contributed by atoms with Crippen LogP contribution in [0, 0.1) is 30.3 Å². The molecule has 4 rings (SSSR count). The van der Waals surface area contributed by atoms with Gasteiger partial charge in [-0.2, -0.15) is 0 Å². The molecule has 0 aliphatic carbocycles. The molecule has 1 fully saturated rings. The molecular formula is C25H21ClF3N3O3. The fraction of sp³-hybridized carbons (Fsp3) is 0.240. The zero-order valence-electron chi connectivity index (χ0n) is 18.8. The van der Waals surface area contributed by atoms with Crippen LogP contribution in [0.15, 0.2) is 48.5 Å². The van der Waals surface area contributed by atoms with Crippen molar-refractivity contribution in [3.05, 3.63) is 87.8 Å². The molecule has 1 aliphatic rings. The van der Waals surface area contributed by atoms with Gasteiger partial charge < -0.3 is 10.1 Å². The molecule has 3 aromatic rings. The van der Waals surface area contributed by atoms with E-state index in [0.29, 0.717) is 16.3 Å². The molecule has 10 heteroatoms. The SMILES string of the molecule is COc1cc(F)c([C@@H]2CN(c3nc(C)ccc3F)C(=O)C2CNC(=O)c2ccc(Cl)cc2)c(F)c1. The number of nitrogens with zero attached hydrogens (tertiary/aromatic N) is 2. The van der Waals surface area contributed by atoms with Gasteiger partial charge in [0.15, 0.2) is 11.6 Å². The zero-order valence-corrected chi connectivity index (χ0v) is 19.6. The predicted octanol–water partition coefficient (Wildman–Crippen LogP) is 4.65. The Morgan fingerprint density at radius 3 is 2.40 bits per heavy atom. The van der Waals surface area contributed by atoms with E-state index in [4.69, 9.17) is 16.3 Å². The Labute approximate surface area is 204 Å². The number of aryl methyl sites for hydroxylation is 1. The van der Waals surface area contributed by atoms with Crippen LogP contribution in [0.25, 0.3) is 0 Å². The van der Waals surface area contributed by atoms with Gasteiger partial charge in [-0.15, -0.1) is 0 Å². The number of aromatic nitrogens is 1. The average Bonchev–Trinajstić information content (AvgIpc) is 3.14. The minimum Gasteiger partial charge on any atom is -0.497 e. The van der Waals surface area contributed by atoms with Gasteiger partial charge in [-0.05, 0) is 43.3 Å². The number of nitrogens with one attached hydrogen (secondary N) is 1. The second-order valence-corrected chi connectivity index (χ2v) is 8.58. The molecule has 1 saturated heterocycles. The van der Waals surface area contributed by atoms with Gasteiger partial charge in [0, 0.05) is 53.0 Å². The number of anilines is 1. The molecule has 1 aromatic heterocycles. The molecule has 1 N–H and O–H groups in total. The Balaban J connectivity index is 1.69. The van der Waals surface area contributed by atoms with Crippen LogP contribution >= 0.6 is 11.6 Å². The number of carbonyl (C=O) groups excluding carboxylic acids is 2. The summed E-state index contributed by atoms with van der Waals surface area (Å²) >= 11 is 5.85. The molecule has 182 valence electrons. The second-order valence-electron chi connectivity index (χ2n) is 8.14. The number of hydrogen-bond donors (Lipinski definition) is 1. The summed E-state index contributed by atoms with van der Waals surface area (Å²) in [6.45, 7) is 1.17. The molecule has 6 nitrogen and oxygen atoms in total. The fourth-order valence-corrected chi connectivity index (χ4v) is 4.28. The third-order valence-electron chi connectivity index (χ3n) is 5.92. The van der Waals surface area contributed by atoms with Crippen LogP contribution in [0.2, 0.25) is 5.02 Å². The van der Waals surface area contributed by atoms with Crippen molar-refractivity contribution in [2.45, 2.75) is 12.8 Å². The standard InChI is InChI=1S/C25H21ClF3N3O3/c1-13-3-8-19(27)23(31-13)32-12-18(22-20(28)9-16(35-2)10-21(22)29)17(25(32)34)11-30-24(33)14-4-6-15(26)7-5-14/h3-10,17-18H,11-12H2,1-2H3,(H,30,33)/t17?,18-/m1/s1. The number of rotatable bonds is 6. The van der Waals surface area contributed by atoms with Crippen molar-refractivity contribution in [1.82, 2.24) is 10.3 Å². The molecule has 0 saturated carbocycles. The van der Waals surface area contributed by atoms with Crippen LogP contribution in [0.4, 0.5) is 19.0 Å². The summed E-state index contributed by atoms with van der Waals surface area (Å²) in [6, 6.07) is 10.7. The Bertz CT molecular complexity index is 1260. The average molecular weight is 504 g/mol. The highest BCUT2D eigenvalue weighted by molar-refractivity contribution is 6.30. The van der Waals surface area contributed by atoms with E-state index in [-0.39, 0.29) is 30.2 Å². The van der Waals surface area contributed by atoms with Crippen LogP contribution in [0.1, 0.15) is 27.5 Å². The second kappa shape index (κ2) is 9.95. The fourth-order valence-electron chi connectivity index (χ4n) is 4.15. The van der Waals surface area contributed by atoms with Gasteiger partial charge in [0.2, 0.25) is 5.91 Å². The van der Waals surface area contributed by atoms with Crippen molar-refractivity contribution < 1.29 is 27.5 Å². The number of ether oxygens (including phenoxy) is 1. The van der Waals surface area contributed by atoms with Crippen LogP contribution < -0.4 is 15.0 Å². The van der Waals surface area contributed by atoms with E-state index >= 15 is 0 Å². The van der Waals surface area contributed by atoms with Crippen LogP contribution in [-0.4, -0.2) is 37.0 Å². The predicted molar refractivity (Wildman–Crippen MR) is 124 cm³/mol. The molecule has 1 aliphatic heterocycles. The van der Waals surface area contributed by atoms with E-state index in [1.807, 2.05) is 0 Å². The minimum atomic E-state index is -1.08. The molecule has 2 amide bonds. The Morgan fingerprint density at radius 1 is 1.11 bits per heavy atom. The summed E-state index contributed by atoms with van der Waals surface area (Å²) in [5, 5.41) is 3.08. The van der Waals surface area contributed by atoms with E-state index in [1.54, 1.807) is 6.92 Å². The Kier molecular flexibility index (Phi) is 6.98. The number of pyridine rings is 1. The maximum atomic E-state index is 15.0. The largest absolute Gasteiger partial charge is 0.497 e. The summed E-state index contributed by atoms with van der Waals surface area (Å²) in [4.78, 5) is 31.2. The van der Waals surface area contributed by atoms with Gasteiger partial charge in [0.05, 0.1) is 13.0 Å². The smallest absolute Gasteiger partial charge is 0.251 e. The van der Waals surface area contributed by atoms with Crippen molar-refractivity contribution >= 4 is 29.2 Å². The number of amides is 2. The maximum absolute atomic E-state index is 15.0. The van der Waals surface area contributed by atoms with E-state index in [1.165, 1.54) is 43.5 Å². The first-order chi connectivity index (χ1) is 16.7. The zero-order chi connectivity index (χ0) is 25.3. The van der Waals surface area contributed by atoms with E-state index in [9.17, 15) is 22.8 Å². The molecular weight excluding hydrogens is 483 g/mol. The first-order valence-corrected chi connectivity index (χ1v) is 11.1. The summed E-state index contributed by atoms with van der Waals surface area (Å²) in [6.07, 6.45) is 0. The topological polar surface area (TPSA) is 71.5 Å². The molecule has 0 radical (unpaired) electrons. The van der Waals surface area contributed by atoms with Gasteiger partial charge in [0.25, 0.3) is 5.91 Å². The van der Waals surface area contributed by atoms with Gasteiger partial charge in [0.1, 0.15) is 17.4 Å². The molecule has 1 unspecified atom stereocenters. The highest BCUT2D eigenvalue weighted by atomic mass is 35.5. The third-order valence-corrected chi connectivity index (χ3v) is 6.17. The van der Waals surface area contributed by atoms with Crippen molar-refractivity contribution in [3.8, 4) is 5.75 Å². The molecule has 2 heterocycles. The highest BCUT2D eigenvalue weighted by Gasteiger charge is 2.45. The first kappa shape index (κ1) is 24.5. The summed E-state index contributed by atoms with van der Waals surface area (Å²) < 4.78 is 49.5. The minimum absolute atomic E-state index is 0.0242. The van der Waals surface area contributed by atoms with E-state index in [0.717, 1.165) is 17.0 Å². The first-order valence-electron chi connectivity index (χ1n) is 10.7. The molecule has 2 aromatic carbocycles. The number of methoxy groups -OCH3 is 1. The molecule has 0 spiro atoms. The monoisotopic (exact) mass is 503 g/mol. The number of halogens is 4. The van der Waals surface area contributed by atoms with Crippen molar-refractivity contribution in [2.75, 3.05) is 25.1 Å². The summed E-state index contributed by atoms with van der Waals surface area (Å²) in [5.74, 6) is -6.04. The summed E-state index contributed by atoms with van der Waals surface area (Å²) in [7, 11) is 1.27. The van der Waals surface area contributed by atoms with Crippen LogP contribution in [0.3, 0.4) is 0 Å². The lowest BCUT2D eigenvalue weighted by atomic mass is 9.87.